The van der Waals surface area contributed by atoms with Gasteiger partial charge in [0, 0.05) is 17.1 Å². The van der Waals surface area contributed by atoms with E-state index in [0.717, 1.165) is 12.6 Å². The fourth-order valence-electron chi connectivity index (χ4n) is 1.62. The van der Waals surface area contributed by atoms with Crippen molar-refractivity contribution in [3.8, 4) is 0 Å². The maximum Gasteiger partial charge on any atom is 0.0208 e. The van der Waals surface area contributed by atoms with Crippen LogP contribution in [0.15, 0.2) is 22.7 Å². The van der Waals surface area contributed by atoms with Gasteiger partial charge in [-0.1, -0.05) is 34.5 Å². The second-order valence-corrected chi connectivity index (χ2v) is 4.95. The summed E-state index contributed by atoms with van der Waals surface area (Å²) in [4.78, 5) is 0. The van der Waals surface area contributed by atoms with Crippen LogP contribution in [-0.4, -0.2) is 6.04 Å². The van der Waals surface area contributed by atoms with Crippen LogP contribution in [0.3, 0.4) is 0 Å². The SMILES string of the molecule is Cc1ccc(CNC2CCC2)cc1Br. The summed E-state index contributed by atoms with van der Waals surface area (Å²) in [6.07, 6.45) is 4.11. The summed E-state index contributed by atoms with van der Waals surface area (Å²) in [6.45, 7) is 3.12. The molecule has 0 unspecified atom stereocenters. The quantitative estimate of drug-likeness (QED) is 0.871. The highest BCUT2D eigenvalue weighted by Gasteiger charge is 2.15. The molecule has 0 aromatic heterocycles. The van der Waals surface area contributed by atoms with E-state index in [0.29, 0.717) is 0 Å². The lowest BCUT2D eigenvalue weighted by molar-refractivity contribution is 0.338. The Morgan fingerprint density at radius 1 is 1.43 bits per heavy atom. The van der Waals surface area contributed by atoms with Crippen molar-refractivity contribution >= 4 is 15.9 Å². The first kappa shape index (κ1) is 10.2. The van der Waals surface area contributed by atoms with Crippen molar-refractivity contribution in [2.45, 2.75) is 38.8 Å². The highest BCUT2D eigenvalue weighted by Crippen LogP contribution is 2.20. The van der Waals surface area contributed by atoms with Gasteiger partial charge in [-0.15, -0.1) is 0 Å². The molecule has 1 aliphatic rings. The van der Waals surface area contributed by atoms with E-state index in [-0.39, 0.29) is 0 Å². The van der Waals surface area contributed by atoms with Crippen molar-refractivity contribution < 1.29 is 0 Å². The zero-order chi connectivity index (χ0) is 9.97. The minimum Gasteiger partial charge on any atom is -0.310 e. The third kappa shape index (κ3) is 2.37. The summed E-state index contributed by atoms with van der Waals surface area (Å²) in [5.74, 6) is 0. The molecule has 1 nitrogen and oxygen atoms in total. The van der Waals surface area contributed by atoms with Crippen LogP contribution < -0.4 is 5.32 Å². The summed E-state index contributed by atoms with van der Waals surface area (Å²) in [7, 11) is 0. The maximum atomic E-state index is 3.56. The second-order valence-electron chi connectivity index (χ2n) is 4.09. The Balaban J connectivity index is 1.91. The lowest BCUT2D eigenvalue weighted by atomic mass is 9.93. The van der Waals surface area contributed by atoms with Gasteiger partial charge in [-0.3, -0.25) is 0 Å². The Hall–Kier alpha value is -0.340. The maximum absolute atomic E-state index is 3.56. The largest absolute Gasteiger partial charge is 0.310 e. The van der Waals surface area contributed by atoms with Crippen molar-refractivity contribution in [3.63, 3.8) is 0 Å². The van der Waals surface area contributed by atoms with Gasteiger partial charge >= 0.3 is 0 Å². The smallest absolute Gasteiger partial charge is 0.0208 e. The number of halogens is 1. The Kier molecular flexibility index (Phi) is 3.24. The summed E-state index contributed by atoms with van der Waals surface area (Å²) in [5, 5.41) is 3.56. The predicted octanol–water partition coefficient (Wildman–Crippen LogP) is 3.40. The minimum absolute atomic E-state index is 0.773. The van der Waals surface area contributed by atoms with Gasteiger partial charge in [-0.2, -0.15) is 0 Å². The minimum atomic E-state index is 0.773. The van der Waals surface area contributed by atoms with Crippen LogP contribution in [0.2, 0.25) is 0 Å². The van der Waals surface area contributed by atoms with E-state index in [1.807, 2.05) is 0 Å². The molecule has 2 heteroatoms. The average Bonchev–Trinajstić information content (AvgIpc) is 2.08. The topological polar surface area (TPSA) is 12.0 Å². The average molecular weight is 254 g/mol. The number of nitrogens with one attached hydrogen (secondary N) is 1. The van der Waals surface area contributed by atoms with E-state index < -0.39 is 0 Å². The Morgan fingerprint density at radius 2 is 2.21 bits per heavy atom. The van der Waals surface area contributed by atoms with Gasteiger partial charge in [0.25, 0.3) is 0 Å². The number of hydrogen-bond acceptors (Lipinski definition) is 1. The van der Waals surface area contributed by atoms with E-state index >= 15 is 0 Å². The second kappa shape index (κ2) is 4.45. The molecule has 0 radical (unpaired) electrons. The van der Waals surface area contributed by atoms with Gasteiger partial charge in [0.1, 0.15) is 0 Å². The van der Waals surface area contributed by atoms with Crippen LogP contribution in [0.4, 0.5) is 0 Å². The van der Waals surface area contributed by atoms with Crippen molar-refractivity contribution in [3.05, 3.63) is 33.8 Å². The molecule has 1 fully saturated rings. The first-order chi connectivity index (χ1) is 6.75. The van der Waals surface area contributed by atoms with E-state index in [9.17, 15) is 0 Å². The predicted molar refractivity (Wildman–Crippen MR) is 63.4 cm³/mol. The summed E-state index contributed by atoms with van der Waals surface area (Å²) in [6, 6.07) is 7.35. The number of benzene rings is 1. The molecular formula is C12H16BrN. The molecule has 76 valence electrons. The van der Waals surface area contributed by atoms with E-state index in [2.05, 4.69) is 46.4 Å². The van der Waals surface area contributed by atoms with E-state index in [1.54, 1.807) is 0 Å². The highest BCUT2D eigenvalue weighted by atomic mass is 79.9. The Labute approximate surface area is 94.0 Å². The molecule has 0 amide bonds. The number of rotatable bonds is 3. The van der Waals surface area contributed by atoms with E-state index in [1.165, 1.54) is 34.9 Å². The van der Waals surface area contributed by atoms with Gasteiger partial charge in [-0.25, -0.2) is 0 Å². The lowest BCUT2D eigenvalue weighted by Crippen LogP contribution is -2.34. The molecule has 14 heavy (non-hydrogen) atoms. The normalized spacial score (nSPS) is 16.7. The van der Waals surface area contributed by atoms with Gasteiger partial charge in [0.05, 0.1) is 0 Å². The summed E-state index contributed by atoms with van der Waals surface area (Å²) in [5.41, 5.74) is 2.67. The van der Waals surface area contributed by atoms with Crippen molar-refractivity contribution in [2.24, 2.45) is 0 Å². The van der Waals surface area contributed by atoms with Gasteiger partial charge in [-0.05, 0) is 37.0 Å². The zero-order valence-corrected chi connectivity index (χ0v) is 10.1. The highest BCUT2D eigenvalue weighted by molar-refractivity contribution is 9.10. The lowest BCUT2D eigenvalue weighted by Gasteiger charge is -2.26. The molecule has 1 saturated carbocycles. The molecule has 1 N–H and O–H groups in total. The van der Waals surface area contributed by atoms with Crippen LogP contribution in [0, 0.1) is 6.92 Å². The molecule has 0 atom stereocenters. The Bertz CT molecular complexity index is 318. The van der Waals surface area contributed by atoms with Crippen molar-refractivity contribution in [1.29, 1.82) is 0 Å². The number of aryl methyl sites for hydroxylation is 1. The van der Waals surface area contributed by atoms with Crippen LogP contribution >= 0.6 is 15.9 Å². The fraction of sp³-hybridized carbons (Fsp3) is 0.500. The molecule has 0 bridgehead atoms. The summed E-state index contributed by atoms with van der Waals surface area (Å²) < 4.78 is 1.21. The van der Waals surface area contributed by atoms with Crippen molar-refractivity contribution in [1.82, 2.24) is 5.32 Å². The zero-order valence-electron chi connectivity index (χ0n) is 8.52. The molecule has 0 spiro atoms. The number of hydrogen-bond donors (Lipinski definition) is 1. The third-order valence-electron chi connectivity index (χ3n) is 2.94. The standard InChI is InChI=1S/C12H16BrN/c1-9-5-6-10(7-12(9)13)8-14-11-3-2-4-11/h5-7,11,14H,2-4,8H2,1H3. The molecule has 2 rings (SSSR count). The van der Waals surface area contributed by atoms with Crippen molar-refractivity contribution in [2.75, 3.05) is 0 Å². The van der Waals surface area contributed by atoms with Gasteiger partial charge < -0.3 is 5.32 Å². The molecule has 0 heterocycles. The molecule has 1 aromatic carbocycles. The van der Waals surface area contributed by atoms with Gasteiger partial charge in [0.15, 0.2) is 0 Å². The van der Waals surface area contributed by atoms with E-state index in [4.69, 9.17) is 0 Å². The van der Waals surface area contributed by atoms with Crippen LogP contribution in [0.1, 0.15) is 30.4 Å². The van der Waals surface area contributed by atoms with Crippen LogP contribution in [0.5, 0.6) is 0 Å². The third-order valence-corrected chi connectivity index (χ3v) is 3.79. The monoisotopic (exact) mass is 253 g/mol. The molecular weight excluding hydrogens is 238 g/mol. The van der Waals surface area contributed by atoms with Gasteiger partial charge in [0.2, 0.25) is 0 Å². The molecule has 1 aromatic rings. The summed E-state index contributed by atoms with van der Waals surface area (Å²) >= 11 is 3.56. The molecule has 1 aliphatic carbocycles. The molecule has 0 aliphatic heterocycles. The van der Waals surface area contributed by atoms with Crippen LogP contribution in [0.25, 0.3) is 0 Å². The Morgan fingerprint density at radius 3 is 2.79 bits per heavy atom. The molecule has 0 saturated heterocycles. The fourth-order valence-corrected chi connectivity index (χ4v) is 2.05. The first-order valence-corrected chi connectivity index (χ1v) is 6.03. The first-order valence-electron chi connectivity index (χ1n) is 5.24. The van der Waals surface area contributed by atoms with Crippen LogP contribution in [-0.2, 0) is 6.54 Å².